The Morgan fingerprint density at radius 1 is 1.50 bits per heavy atom. The number of hydrogen-bond acceptors (Lipinski definition) is 4. The molecule has 2 rings (SSSR count). The molecule has 0 bridgehead atoms. The first-order valence-corrected chi connectivity index (χ1v) is 5.78. The lowest BCUT2D eigenvalue weighted by Crippen LogP contribution is -2.41. The Balaban J connectivity index is 1.95. The van der Waals surface area contributed by atoms with Gasteiger partial charge < -0.3 is 5.73 Å². The first-order valence-electron chi connectivity index (χ1n) is 5.78. The van der Waals surface area contributed by atoms with Gasteiger partial charge >= 0.3 is 0 Å². The Labute approximate surface area is 105 Å². The highest BCUT2D eigenvalue weighted by Crippen LogP contribution is 2.28. The van der Waals surface area contributed by atoms with Crippen molar-refractivity contribution in [1.29, 1.82) is 0 Å². The van der Waals surface area contributed by atoms with E-state index in [2.05, 4.69) is 5.73 Å². The second kappa shape index (κ2) is 4.91. The van der Waals surface area contributed by atoms with Crippen molar-refractivity contribution in [1.82, 2.24) is 5.39 Å². The Kier molecular flexibility index (Phi) is 3.65. The molecule has 6 heteroatoms. The summed E-state index contributed by atoms with van der Waals surface area (Å²) in [6, 6.07) is 4.35. The summed E-state index contributed by atoms with van der Waals surface area (Å²) >= 11 is 0. The first kappa shape index (κ1) is 13.4. The highest BCUT2D eigenvalue weighted by molar-refractivity contribution is 5.38. The molecule has 1 unspecified atom stereocenters. The third-order valence-electron chi connectivity index (χ3n) is 3.03. The molecule has 1 atom stereocenters. The highest BCUT2D eigenvalue weighted by atomic mass is 19.1. The van der Waals surface area contributed by atoms with Gasteiger partial charge in [0.25, 0.3) is 0 Å². The van der Waals surface area contributed by atoms with Crippen LogP contribution in [0.3, 0.4) is 0 Å². The molecule has 0 aromatic heterocycles. The lowest BCUT2D eigenvalue weighted by atomic mass is 10.0. The number of quaternary nitrogens is 1. The van der Waals surface area contributed by atoms with E-state index >= 15 is 0 Å². The number of rotatable bonds is 3. The Hall–Kier alpha value is -1.05. The summed E-state index contributed by atoms with van der Waals surface area (Å²) in [6.07, 6.45) is -0.121. The average molecular weight is 257 g/mol. The Bertz CT molecular complexity index is 439. The molecular formula is C12H18FN2O3+. The summed E-state index contributed by atoms with van der Waals surface area (Å²) in [5.74, 6) is -0.321. The molecule has 1 aliphatic heterocycles. The smallest absolute Gasteiger partial charge is 0.133 e. The molecule has 5 nitrogen and oxygen atoms in total. The van der Waals surface area contributed by atoms with Gasteiger partial charge in [0.15, 0.2) is 0 Å². The van der Waals surface area contributed by atoms with Crippen molar-refractivity contribution in [3.8, 4) is 0 Å². The van der Waals surface area contributed by atoms with Gasteiger partial charge in [-0.1, -0.05) is 0 Å². The summed E-state index contributed by atoms with van der Waals surface area (Å²) in [5.41, 5.74) is 4.72. The summed E-state index contributed by atoms with van der Waals surface area (Å²) in [5, 5.41) is 0.981. The van der Waals surface area contributed by atoms with Crippen molar-refractivity contribution in [2.45, 2.75) is 39.1 Å². The second-order valence-corrected chi connectivity index (χ2v) is 4.85. The second-order valence-electron chi connectivity index (χ2n) is 4.85. The van der Waals surface area contributed by atoms with Gasteiger partial charge in [0.1, 0.15) is 29.8 Å². The molecule has 0 aliphatic carbocycles. The minimum Gasteiger partial charge on any atom is -0.325 e. The van der Waals surface area contributed by atoms with Crippen LogP contribution in [0.2, 0.25) is 0 Å². The van der Waals surface area contributed by atoms with Crippen LogP contribution < -0.4 is 5.73 Å². The van der Waals surface area contributed by atoms with Gasteiger partial charge in [0.05, 0.1) is 5.39 Å². The quantitative estimate of drug-likeness (QED) is 0.891. The van der Waals surface area contributed by atoms with Gasteiger partial charge in [-0.05, 0) is 32.9 Å². The van der Waals surface area contributed by atoms with Crippen LogP contribution in [0.25, 0.3) is 0 Å². The molecule has 1 aromatic rings. The molecule has 1 aromatic carbocycles. The number of nitrogens with zero attached hydrogens (tertiary/aromatic N) is 1. The van der Waals surface area contributed by atoms with Gasteiger partial charge in [-0.15, -0.1) is 0 Å². The first-order chi connectivity index (χ1) is 8.38. The van der Waals surface area contributed by atoms with Gasteiger partial charge in [-0.25, -0.2) is 18.9 Å². The van der Waals surface area contributed by atoms with E-state index in [1.807, 2.05) is 20.8 Å². The fourth-order valence-corrected chi connectivity index (χ4v) is 1.45. The fraction of sp³-hybridized carbons (Fsp3) is 0.500. The van der Waals surface area contributed by atoms with Gasteiger partial charge in [0.2, 0.25) is 0 Å². The molecule has 1 saturated heterocycles. The van der Waals surface area contributed by atoms with Gasteiger partial charge in [-0.2, -0.15) is 0 Å². The summed E-state index contributed by atoms with van der Waals surface area (Å²) in [6.45, 7) is 5.82. The summed E-state index contributed by atoms with van der Waals surface area (Å²) in [7, 11) is 0. The van der Waals surface area contributed by atoms with Crippen LogP contribution in [0.4, 0.5) is 10.1 Å². The Morgan fingerprint density at radius 2 is 2.22 bits per heavy atom. The molecule has 3 N–H and O–H groups in total. The van der Waals surface area contributed by atoms with Crippen molar-refractivity contribution in [3.63, 3.8) is 0 Å². The summed E-state index contributed by atoms with van der Waals surface area (Å²) < 4.78 is 13.1. The minimum absolute atomic E-state index is 0.121. The average Bonchev–Trinajstić information content (AvgIpc) is 2.54. The third-order valence-corrected chi connectivity index (χ3v) is 3.03. The van der Waals surface area contributed by atoms with Crippen LogP contribution in [0.1, 0.15) is 26.3 Å². The normalized spacial score (nSPS) is 23.5. The molecule has 0 radical (unpaired) electrons. The van der Waals surface area contributed by atoms with Gasteiger partial charge in [0, 0.05) is 11.6 Å². The van der Waals surface area contributed by atoms with E-state index in [1.165, 1.54) is 12.1 Å². The van der Waals surface area contributed by atoms with E-state index in [0.29, 0.717) is 11.3 Å². The Morgan fingerprint density at radius 3 is 2.83 bits per heavy atom. The van der Waals surface area contributed by atoms with Gasteiger partial charge in [-0.3, -0.25) is 0 Å². The topological polar surface area (TPSA) is 58.6 Å². The minimum atomic E-state index is -0.449. The zero-order valence-electron chi connectivity index (χ0n) is 10.8. The largest absolute Gasteiger partial charge is 0.325 e. The molecule has 18 heavy (non-hydrogen) atoms. The van der Waals surface area contributed by atoms with Crippen LogP contribution in [0.5, 0.6) is 0 Å². The lowest BCUT2D eigenvalue weighted by Gasteiger charge is -2.17. The fourth-order valence-electron chi connectivity index (χ4n) is 1.45. The van der Waals surface area contributed by atoms with E-state index in [9.17, 15) is 4.39 Å². The predicted octanol–water partition coefficient (Wildman–Crippen LogP) is 1.48. The maximum atomic E-state index is 13.1. The number of hydrogen-bond donors (Lipinski definition) is 1. The molecule has 0 amide bonds. The monoisotopic (exact) mass is 257 g/mol. The predicted molar refractivity (Wildman–Crippen MR) is 61.3 cm³/mol. The lowest BCUT2D eigenvalue weighted by molar-refractivity contribution is -0.500. The molecule has 100 valence electrons. The van der Waals surface area contributed by atoms with E-state index in [1.54, 1.807) is 6.07 Å². The van der Waals surface area contributed by atoms with Crippen molar-refractivity contribution < 1.29 is 24.6 Å². The molecule has 1 aliphatic rings. The number of halogens is 1. The van der Waals surface area contributed by atoms with E-state index < -0.39 is 5.60 Å². The molecular weight excluding hydrogens is 239 g/mol. The van der Waals surface area contributed by atoms with Crippen LogP contribution in [-0.4, -0.2) is 17.1 Å². The van der Waals surface area contributed by atoms with Crippen LogP contribution in [0, 0.1) is 5.82 Å². The van der Waals surface area contributed by atoms with Crippen molar-refractivity contribution >= 4 is 5.69 Å². The summed E-state index contributed by atoms with van der Waals surface area (Å²) in [4.78, 5) is 16.1. The highest BCUT2D eigenvalue weighted by Gasteiger charge is 2.40. The van der Waals surface area contributed by atoms with E-state index in [-0.39, 0.29) is 18.5 Å². The zero-order valence-corrected chi connectivity index (χ0v) is 10.8. The zero-order chi connectivity index (χ0) is 13.3. The van der Waals surface area contributed by atoms with E-state index in [4.69, 9.17) is 14.5 Å². The van der Waals surface area contributed by atoms with E-state index in [0.717, 1.165) is 5.39 Å². The SMILES string of the molecule is CC1ON(OCc2cc(F)ccc2[NH3+])OC1(C)C. The molecule has 1 heterocycles. The van der Waals surface area contributed by atoms with Crippen molar-refractivity contribution in [3.05, 3.63) is 29.6 Å². The van der Waals surface area contributed by atoms with Crippen LogP contribution in [-0.2, 0) is 21.1 Å². The van der Waals surface area contributed by atoms with Crippen LogP contribution in [0.15, 0.2) is 18.2 Å². The van der Waals surface area contributed by atoms with Crippen molar-refractivity contribution in [2.75, 3.05) is 0 Å². The molecule has 0 spiro atoms. The molecule has 0 saturated carbocycles. The maximum absolute atomic E-state index is 13.1. The molecule has 1 fully saturated rings. The third kappa shape index (κ3) is 2.85. The van der Waals surface area contributed by atoms with Crippen LogP contribution >= 0.6 is 0 Å². The van der Waals surface area contributed by atoms with Crippen molar-refractivity contribution in [2.24, 2.45) is 0 Å². The maximum Gasteiger partial charge on any atom is 0.133 e. The standard InChI is InChI=1S/C12H17FN2O3/c1-8-12(2,3)18-15(17-8)16-7-9-6-10(13)4-5-11(9)14/h4-6,8H,7,14H2,1-3H3/p+1. The number of benzene rings is 1.